The van der Waals surface area contributed by atoms with Crippen LogP contribution in [-0.2, 0) is 4.74 Å². The monoisotopic (exact) mass is 522 g/mol. The highest BCUT2D eigenvalue weighted by molar-refractivity contribution is 7.77. The highest BCUT2D eigenvalue weighted by Gasteiger charge is 2.45. The van der Waals surface area contributed by atoms with Crippen LogP contribution in [0.5, 0.6) is 5.75 Å². The van der Waals surface area contributed by atoms with Gasteiger partial charge in [0.1, 0.15) is 40.9 Å². The molecule has 1 aliphatic carbocycles. The molecule has 3 aliphatic rings. The van der Waals surface area contributed by atoms with Crippen LogP contribution in [0.15, 0.2) is 24.4 Å². The van der Waals surface area contributed by atoms with Crippen molar-refractivity contribution in [2.75, 3.05) is 62.9 Å². The Bertz CT molecular complexity index is 1320. The molecule has 11 heteroatoms. The summed E-state index contributed by atoms with van der Waals surface area (Å²) in [5, 5.41) is 18.0. The first-order chi connectivity index (χ1) is 18.1. The van der Waals surface area contributed by atoms with Crippen LogP contribution >= 0.6 is 7.49 Å². The van der Waals surface area contributed by atoms with Crippen LogP contribution in [0, 0.1) is 17.2 Å². The molecular weight excluding hydrogens is 489 g/mol. The summed E-state index contributed by atoms with van der Waals surface area (Å²) >= 11 is 0. The van der Waals surface area contributed by atoms with E-state index in [9.17, 15) is 10.2 Å². The molecule has 0 radical (unpaired) electrons. The zero-order valence-electron chi connectivity index (χ0n) is 21.0. The van der Waals surface area contributed by atoms with Crippen molar-refractivity contribution in [2.24, 2.45) is 5.92 Å². The molecule has 6 rings (SSSR count). The number of benzene rings is 1. The summed E-state index contributed by atoms with van der Waals surface area (Å²) in [6.07, 6.45) is 6.94. The Morgan fingerprint density at radius 3 is 2.73 bits per heavy atom. The Kier molecular flexibility index (Phi) is 6.63. The molecule has 3 fully saturated rings. The van der Waals surface area contributed by atoms with E-state index in [0.29, 0.717) is 46.1 Å². The van der Waals surface area contributed by atoms with Crippen molar-refractivity contribution < 1.29 is 14.4 Å². The Balaban J connectivity index is 1.23. The Morgan fingerprint density at radius 1 is 1.27 bits per heavy atom. The van der Waals surface area contributed by atoms with E-state index in [1.54, 1.807) is 13.3 Å². The van der Waals surface area contributed by atoms with E-state index >= 15 is 0 Å². The van der Waals surface area contributed by atoms with Crippen molar-refractivity contribution in [2.45, 2.75) is 25.3 Å². The highest BCUT2D eigenvalue weighted by atomic mass is 31.2. The number of hydrogen-bond acceptors (Lipinski definition) is 9. The van der Waals surface area contributed by atoms with Crippen molar-refractivity contribution >= 4 is 41.3 Å². The molecule has 0 amide bonds. The van der Waals surface area contributed by atoms with E-state index in [1.165, 1.54) is 19.3 Å². The van der Waals surface area contributed by atoms with Gasteiger partial charge in [0.15, 0.2) is 7.49 Å². The Labute approximate surface area is 216 Å². The average Bonchev–Trinajstić information content (AvgIpc) is 3.27. The fraction of sp³-hybridized carbons (Fsp3) is 0.500. The predicted molar refractivity (Wildman–Crippen MR) is 145 cm³/mol. The number of methoxy groups -OCH3 is 1. The predicted octanol–water partition coefficient (Wildman–Crippen LogP) is 3.06. The summed E-state index contributed by atoms with van der Waals surface area (Å²) in [6.45, 7) is 4.22. The van der Waals surface area contributed by atoms with Gasteiger partial charge >= 0.3 is 0 Å². The number of aromatic amines is 1. The molecule has 4 heterocycles. The van der Waals surface area contributed by atoms with Gasteiger partial charge in [0.05, 0.1) is 43.0 Å². The van der Waals surface area contributed by atoms with E-state index in [0.717, 1.165) is 56.2 Å². The third-order valence-corrected chi connectivity index (χ3v) is 11.1. The zero-order chi connectivity index (χ0) is 25.4. The molecule has 4 N–H and O–H groups in total. The molecule has 1 saturated carbocycles. The summed E-state index contributed by atoms with van der Waals surface area (Å²) in [5.74, 6) is 2.33. The van der Waals surface area contributed by atoms with Gasteiger partial charge < -0.3 is 25.1 Å². The minimum atomic E-state index is -2.25. The Hall–Kier alpha value is -2.96. The van der Waals surface area contributed by atoms with Gasteiger partial charge in [-0.1, -0.05) is 6.42 Å². The van der Waals surface area contributed by atoms with Gasteiger partial charge in [0, 0.05) is 31.9 Å². The SMILES string of the molecule is COc1cc([P+]2(O)CCN(C3COC3)CC2)ccc1Nc1nc(NCC2CCC2)c2c(C#N)c[nH]c2n1. The second-order valence-corrected chi connectivity index (χ2v) is 13.5. The number of nitrogens with one attached hydrogen (secondary N) is 3. The van der Waals surface area contributed by atoms with Crippen LogP contribution in [0.1, 0.15) is 24.8 Å². The number of fused-ring (bicyclic) bond motifs is 1. The number of nitriles is 1. The standard InChI is InChI=1S/C26H33N7O3P/c1-35-22-11-20(37(34)9-7-33(8-10-37)19-15-36-16-19)5-6-21(22)30-26-31-24(28-13-17-3-2-4-17)23-18(12-27)14-29-25(23)32-26/h5-6,11,14,17,19,34H,2-4,7-10,13,15-16H2,1H3,(H3,28,29,30,31,32)/q+1. The first-order valence-corrected chi connectivity index (χ1v) is 15.1. The summed E-state index contributed by atoms with van der Waals surface area (Å²) in [5.41, 5.74) is 1.84. The van der Waals surface area contributed by atoms with Crippen molar-refractivity contribution in [3.05, 3.63) is 30.0 Å². The third kappa shape index (κ3) is 4.73. The first-order valence-electron chi connectivity index (χ1n) is 13.0. The molecule has 0 bridgehead atoms. The molecule has 0 unspecified atom stereocenters. The molecule has 3 aromatic rings. The number of ether oxygens (including phenoxy) is 2. The molecule has 1 aromatic carbocycles. The van der Waals surface area contributed by atoms with Gasteiger partial charge in [-0.05, 0) is 30.9 Å². The van der Waals surface area contributed by atoms with E-state index in [-0.39, 0.29) is 0 Å². The molecule has 194 valence electrons. The lowest BCUT2D eigenvalue weighted by Crippen LogP contribution is -2.53. The summed E-state index contributed by atoms with van der Waals surface area (Å²) < 4.78 is 11.1. The summed E-state index contributed by atoms with van der Waals surface area (Å²) in [4.78, 5) is 26.4. The van der Waals surface area contributed by atoms with Crippen molar-refractivity contribution in [1.82, 2.24) is 19.9 Å². The van der Waals surface area contributed by atoms with Gasteiger partial charge in [0.25, 0.3) is 0 Å². The number of aromatic nitrogens is 3. The number of hydrogen-bond donors (Lipinski definition) is 4. The second-order valence-electron chi connectivity index (χ2n) is 10.2. The van der Waals surface area contributed by atoms with Crippen LogP contribution in [-0.4, -0.2) is 83.1 Å². The number of H-pyrrole nitrogens is 1. The minimum Gasteiger partial charge on any atom is -0.494 e. The maximum absolute atomic E-state index is 11.6. The van der Waals surface area contributed by atoms with Crippen LogP contribution in [0.2, 0.25) is 0 Å². The van der Waals surface area contributed by atoms with Crippen LogP contribution in [0.25, 0.3) is 11.0 Å². The van der Waals surface area contributed by atoms with Crippen LogP contribution in [0.3, 0.4) is 0 Å². The normalized spacial score (nSPS) is 20.1. The lowest BCUT2D eigenvalue weighted by atomic mass is 9.85. The zero-order valence-corrected chi connectivity index (χ0v) is 21.9. The highest BCUT2D eigenvalue weighted by Crippen LogP contribution is 2.55. The van der Waals surface area contributed by atoms with Gasteiger partial charge in [-0.2, -0.15) is 15.2 Å². The van der Waals surface area contributed by atoms with Crippen molar-refractivity contribution in [1.29, 1.82) is 5.26 Å². The topological polar surface area (TPSA) is 131 Å². The quantitative estimate of drug-likeness (QED) is 0.330. The lowest BCUT2D eigenvalue weighted by molar-refractivity contribution is -0.0622. The smallest absolute Gasteiger partial charge is 0.231 e. The molecular formula is C26H33N7O3P+. The number of rotatable bonds is 8. The fourth-order valence-corrected chi connectivity index (χ4v) is 7.90. The van der Waals surface area contributed by atoms with E-state index in [1.807, 2.05) is 18.2 Å². The maximum Gasteiger partial charge on any atom is 0.231 e. The van der Waals surface area contributed by atoms with Gasteiger partial charge in [0.2, 0.25) is 5.95 Å². The number of anilines is 3. The average molecular weight is 523 g/mol. The van der Waals surface area contributed by atoms with Crippen molar-refractivity contribution in [3.63, 3.8) is 0 Å². The fourth-order valence-electron chi connectivity index (χ4n) is 5.27. The second kappa shape index (κ2) is 10.1. The number of nitrogens with zero attached hydrogens (tertiary/aromatic N) is 4. The van der Waals surface area contributed by atoms with E-state index in [4.69, 9.17) is 14.5 Å². The lowest BCUT2D eigenvalue weighted by Gasteiger charge is -2.40. The Morgan fingerprint density at radius 2 is 2.08 bits per heavy atom. The van der Waals surface area contributed by atoms with Crippen molar-refractivity contribution in [3.8, 4) is 11.8 Å². The van der Waals surface area contributed by atoms with Crippen LogP contribution < -0.4 is 20.7 Å². The van der Waals surface area contributed by atoms with Gasteiger partial charge in [-0.25, -0.2) is 4.89 Å². The van der Waals surface area contributed by atoms with Crippen LogP contribution in [0.4, 0.5) is 17.5 Å². The summed E-state index contributed by atoms with van der Waals surface area (Å²) in [7, 11) is -0.615. The molecule has 0 spiro atoms. The minimum absolute atomic E-state index is 0.408. The first kappa shape index (κ1) is 24.4. The van der Waals surface area contributed by atoms with E-state index in [2.05, 4.69) is 31.6 Å². The molecule has 37 heavy (non-hydrogen) atoms. The van der Waals surface area contributed by atoms with E-state index < -0.39 is 7.49 Å². The summed E-state index contributed by atoms with van der Waals surface area (Å²) in [6, 6.07) is 8.62. The molecule has 2 saturated heterocycles. The largest absolute Gasteiger partial charge is 0.494 e. The maximum atomic E-state index is 11.6. The molecule has 2 aliphatic heterocycles. The molecule has 2 aromatic heterocycles. The molecule has 10 nitrogen and oxygen atoms in total. The third-order valence-electron chi connectivity index (χ3n) is 8.00. The van der Waals surface area contributed by atoms with Gasteiger partial charge in [-0.15, -0.1) is 0 Å². The molecule has 0 atom stereocenters. The van der Waals surface area contributed by atoms with Gasteiger partial charge in [-0.3, -0.25) is 4.90 Å².